The summed E-state index contributed by atoms with van der Waals surface area (Å²) in [5, 5.41) is 14.0. The molecule has 0 saturated heterocycles. The molecule has 0 atom stereocenters. The van der Waals surface area contributed by atoms with E-state index in [0.29, 0.717) is 5.69 Å². The van der Waals surface area contributed by atoms with Crippen molar-refractivity contribution < 1.29 is 10.1 Å². The quantitative estimate of drug-likeness (QED) is 0.433. The van der Waals surface area contributed by atoms with E-state index in [2.05, 4.69) is 10.3 Å². The Labute approximate surface area is 75.3 Å². The normalized spacial score (nSPS) is 19.1. The summed E-state index contributed by atoms with van der Waals surface area (Å²) in [7, 11) is 0. The second-order valence-electron chi connectivity index (χ2n) is 3.60. The van der Waals surface area contributed by atoms with Crippen molar-refractivity contribution in [3.63, 3.8) is 0 Å². The van der Waals surface area contributed by atoms with Gasteiger partial charge in [0.2, 0.25) is 0 Å². The smallest absolute Gasteiger partial charge is 0.331 e. The first-order chi connectivity index (χ1) is 6.29. The van der Waals surface area contributed by atoms with Crippen LogP contribution in [0.3, 0.4) is 0 Å². The van der Waals surface area contributed by atoms with E-state index in [1.807, 2.05) is 0 Å². The fourth-order valence-corrected chi connectivity index (χ4v) is 2.06. The molecule has 0 radical (unpaired) electrons. The van der Waals surface area contributed by atoms with Crippen LogP contribution in [0, 0.1) is 0 Å². The summed E-state index contributed by atoms with van der Waals surface area (Å²) >= 11 is 0. The van der Waals surface area contributed by atoms with Crippen molar-refractivity contribution in [1.82, 2.24) is 10.3 Å². The van der Waals surface area contributed by atoms with Gasteiger partial charge in [-0.2, -0.15) is 0 Å². The molecule has 5 nitrogen and oxygen atoms in total. The van der Waals surface area contributed by atoms with Crippen LogP contribution < -0.4 is 10.4 Å². The number of nitrogens with zero attached hydrogens (tertiary/aromatic N) is 1. The molecule has 2 rings (SSSR count). The molecule has 0 aromatic carbocycles. The van der Waals surface area contributed by atoms with E-state index in [9.17, 15) is 10.0 Å². The summed E-state index contributed by atoms with van der Waals surface area (Å²) in [6.07, 6.45) is 5.54. The van der Waals surface area contributed by atoms with Gasteiger partial charge in [-0.25, -0.2) is 4.79 Å². The Balaban J connectivity index is 2.27. The molecule has 0 bridgehead atoms. The maximum absolute atomic E-state index is 11.3. The Bertz CT molecular complexity index is 335. The zero-order chi connectivity index (χ0) is 9.26. The van der Waals surface area contributed by atoms with Gasteiger partial charge >= 0.3 is 5.56 Å². The second-order valence-corrected chi connectivity index (χ2v) is 3.60. The summed E-state index contributed by atoms with van der Waals surface area (Å²) < 4.78 is 0. The van der Waals surface area contributed by atoms with E-state index >= 15 is 0 Å². The summed E-state index contributed by atoms with van der Waals surface area (Å²) in [4.78, 5) is 12.1. The van der Waals surface area contributed by atoms with Crippen LogP contribution in [0.5, 0.6) is 0 Å². The van der Waals surface area contributed by atoms with Crippen LogP contribution in [0.4, 0.5) is 0 Å². The first kappa shape index (κ1) is 8.34. The summed E-state index contributed by atoms with van der Waals surface area (Å²) in [6, 6.07) is 0. The number of aromatic amines is 2. The lowest BCUT2D eigenvalue weighted by molar-refractivity contribution is -0.953. The first-order valence-electron chi connectivity index (χ1n) is 4.71. The number of rotatable bonds is 1. The maximum atomic E-state index is 11.3. The fourth-order valence-electron chi connectivity index (χ4n) is 2.06. The third kappa shape index (κ3) is 1.46. The minimum absolute atomic E-state index is 0.200. The number of aromatic nitrogens is 3. The Morgan fingerprint density at radius 2 is 2.00 bits per heavy atom. The third-order valence-corrected chi connectivity index (χ3v) is 2.73. The molecule has 1 aromatic heterocycles. The molecule has 0 spiro atoms. The highest BCUT2D eigenvalue weighted by atomic mass is 16.5. The molecule has 13 heavy (non-hydrogen) atoms. The third-order valence-electron chi connectivity index (χ3n) is 2.73. The van der Waals surface area contributed by atoms with E-state index in [4.69, 9.17) is 0 Å². The summed E-state index contributed by atoms with van der Waals surface area (Å²) in [5.41, 5.74) is 0.272. The first-order valence-corrected chi connectivity index (χ1v) is 4.71. The van der Waals surface area contributed by atoms with Crippen LogP contribution >= 0.6 is 0 Å². The average Bonchev–Trinajstić information content (AvgIpc) is 2.48. The molecule has 1 aliphatic rings. The molecule has 1 aliphatic carbocycles. The van der Waals surface area contributed by atoms with Crippen molar-refractivity contribution >= 4 is 0 Å². The van der Waals surface area contributed by atoms with Gasteiger partial charge in [-0.05, 0) is 12.8 Å². The number of hydrogen-bond donors (Lipinski definition) is 3. The number of hydrogen-bond acceptors (Lipinski definition) is 2. The number of H-pyrrole nitrogens is 2. The lowest BCUT2D eigenvalue weighted by Crippen LogP contribution is -2.40. The van der Waals surface area contributed by atoms with Gasteiger partial charge < -0.3 is 5.21 Å². The van der Waals surface area contributed by atoms with E-state index in [0.717, 1.165) is 30.5 Å². The van der Waals surface area contributed by atoms with E-state index < -0.39 is 0 Å². The van der Waals surface area contributed by atoms with Gasteiger partial charge in [-0.1, -0.05) is 24.5 Å². The highest BCUT2D eigenvalue weighted by Gasteiger charge is 2.28. The van der Waals surface area contributed by atoms with Crippen molar-refractivity contribution in [2.45, 2.75) is 38.0 Å². The Morgan fingerprint density at radius 3 is 2.54 bits per heavy atom. The highest BCUT2D eigenvalue weighted by molar-refractivity contribution is 4.97. The molecule has 1 aromatic rings. The summed E-state index contributed by atoms with van der Waals surface area (Å²) in [5.74, 6) is 0.216. The lowest BCUT2D eigenvalue weighted by Gasteiger charge is -2.16. The van der Waals surface area contributed by atoms with Gasteiger partial charge in [-0.3, -0.25) is 0 Å². The van der Waals surface area contributed by atoms with E-state index in [1.165, 1.54) is 6.42 Å². The van der Waals surface area contributed by atoms with Gasteiger partial charge in [0.05, 0.1) is 0 Å². The molecule has 72 valence electrons. The van der Waals surface area contributed by atoms with Gasteiger partial charge in [0, 0.05) is 10.8 Å². The molecule has 1 heterocycles. The van der Waals surface area contributed by atoms with Crippen LogP contribution in [0.1, 0.15) is 43.7 Å². The molecule has 0 amide bonds. The van der Waals surface area contributed by atoms with Crippen molar-refractivity contribution in [1.29, 1.82) is 0 Å². The molecule has 3 N–H and O–H groups in total. The van der Waals surface area contributed by atoms with Crippen LogP contribution in [0.2, 0.25) is 0 Å². The largest absolute Gasteiger partial charge is 0.398 e. The summed E-state index contributed by atoms with van der Waals surface area (Å²) in [6.45, 7) is 0. The standard InChI is InChI=1S/C8H13N3O2/c12-8-7(11(13)10-9-8)6-4-2-1-3-5-6/h6,12-13H,1-5H2/p+1. The zero-order valence-corrected chi connectivity index (χ0v) is 7.42. The van der Waals surface area contributed by atoms with Crippen LogP contribution in [-0.2, 0) is 0 Å². The van der Waals surface area contributed by atoms with Crippen molar-refractivity contribution in [3.05, 3.63) is 16.0 Å². The predicted octanol–water partition coefficient (Wildman–Crippen LogP) is 0.275. The molecule has 1 saturated carbocycles. The Morgan fingerprint density at radius 1 is 1.31 bits per heavy atom. The molecule has 0 unspecified atom stereocenters. The minimum Gasteiger partial charge on any atom is -0.331 e. The molecular weight excluding hydrogens is 170 g/mol. The topological polar surface area (TPSA) is 72.8 Å². The Hall–Kier alpha value is -1.26. The zero-order valence-electron chi connectivity index (χ0n) is 7.42. The van der Waals surface area contributed by atoms with Gasteiger partial charge in [0.25, 0.3) is 5.69 Å². The van der Waals surface area contributed by atoms with E-state index in [1.54, 1.807) is 0 Å². The van der Waals surface area contributed by atoms with Crippen molar-refractivity contribution in [3.8, 4) is 0 Å². The monoisotopic (exact) mass is 184 g/mol. The average molecular weight is 184 g/mol. The lowest BCUT2D eigenvalue weighted by atomic mass is 9.87. The molecule has 0 aliphatic heterocycles. The van der Waals surface area contributed by atoms with Crippen LogP contribution in [-0.4, -0.2) is 15.5 Å². The molecular formula is C8H14N3O2+. The van der Waals surface area contributed by atoms with Crippen molar-refractivity contribution in [2.75, 3.05) is 0 Å². The predicted molar refractivity (Wildman–Crippen MR) is 44.6 cm³/mol. The van der Waals surface area contributed by atoms with Gasteiger partial charge in [0.1, 0.15) is 0 Å². The Kier molecular flexibility index (Phi) is 2.08. The highest BCUT2D eigenvalue weighted by Crippen LogP contribution is 2.28. The van der Waals surface area contributed by atoms with Gasteiger partial charge in [-0.15, -0.1) is 5.10 Å². The maximum Gasteiger partial charge on any atom is 0.398 e. The van der Waals surface area contributed by atoms with Gasteiger partial charge in [0.15, 0.2) is 0 Å². The number of nitrogens with one attached hydrogen (secondary N) is 2. The fraction of sp³-hybridized carbons (Fsp3) is 0.750. The minimum atomic E-state index is -0.200. The van der Waals surface area contributed by atoms with Crippen molar-refractivity contribution in [2.24, 2.45) is 0 Å². The SMILES string of the molecule is O=c1[nH][nH][n+](O)c1C1CCCCC1. The molecule has 1 fully saturated rings. The molecule has 5 heteroatoms. The second kappa shape index (κ2) is 3.24. The van der Waals surface area contributed by atoms with Crippen LogP contribution in [0.25, 0.3) is 0 Å². The van der Waals surface area contributed by atoms with Crippen LogP contribution in [0.15, 0.2) is 4.79 Å². The van der Waals surface area contributed by atoms with E-state index in [-0.39, 0.29) is 11.5 Å².